The third-order valence-corrected chi connectivity index (χ3v) is 4.61. The van der Waals surface area contributed by atoms with Crippen molar-refractivity contribution in [1.29, 1.82) is 0 Å². The number of halogens is 1. The zero-order chi connectivity index (χ0) is 16.1. The molecule has 0 unspecified atom stereocenters. The Bertz CT molecular complexity index is 615. The monoisotopic (exact) mass is 331 g/mol. The van der Waals surface area contributed by atoms with E-state index in [9.17, 15) is 5.11 Å². The highest BCUT2D eigenvalue weighted by molar-refractivity contribution is 6.32. The molecule has 5 heteroatoms. The van der Waals surface area contributed by atoms with E-state index >= 15 is 0 Å². The predicted molar refractivity (Wildman–Crippen MR) is 93.9 cm³/mol. The van der Waals surface area contributed by atoms with Crippen LogP contribution < -0.4 is 4.90 Å². The molecule has 2 heterocycles. The van der Waals surface area contributed by atoms with Crippen molar-refractivity contribution in [1.82, 2.24) is 9.88 Å². The highest BCUT2D eigenvalue weighted by Crippen LogP contribution is 2.23. The minimum absolute atomic E-state index is 0.389. The van der Waals surface area contributed by atoms with Gasteiger partial charge >= 0.3 is 0 Å². The zero-order valence-electron chi connectivity index (χ0n) is 13.1. The lowest BCUT2D eigenvalue weighted by molar-refractivity contribution is 0.139. The van der Waals surface area contributed by atoms with Gasteiger partial charge in [-0.1, -0.05) is 41.9 Å². The van der Waals surface area contributed by atoms with E-state index in [0.717, 1.165) is 50.5 Å². The molecule has 1 N–H and O–H groups in total. The van der Waals surface area contributed by atoms with Crippen molar-refractivity contribution in [2.75, 3.05) is 37.6 Å². The number of nitrogens with zero attached hydrogens (tertiary/aromatic N) is 3. The molecule has 0 aliphatic carbocycles. The van der Waals surface area contributed by atoms with Crippen LogP contribution in [0.15, 0.2) is 48.7 Å². The van der Waals surface area contributed by atoms with Crippen LogP contribution in [0, 0.1) is 0 Å². The standard InChI is InChI=1S/C18H22ClN3O/c19-16-7-4-9-20-18(16)22-13-11-21(12-14-22)10-8-17(23)15-5-2-1-3-6-15/h1-7,9,17,23H,8,10-14H2/t17-/m0/s1. The van der Waals surface area contributed by atoms with Gasteiger partial charge in [0.15, 0.2) is 0 Å². The molecular weight excluding hydrogens is 310 g/mol. The van der Waals surface area contributed by atoms with Gasteiger partial charge in [0.25, 0.3) is 0 Å². The lowest BCUT2D eigenvalue weighted by atomic mass is 10.1. The summed E-state index contributed by atoms with van der Waals surface area (Å²) in [5.74, 6) is 0.873. The Morgan fingerprint density at radius 2 is 1.78 bits per heavy atom. The lowest BCUT2D eigenvalue weighted by Gasteiger charge is -2.36. The summed E-state index contributed by atoms with van der Waals surface area (Å²) in [5.41, 5.74) is 0.992. The molecule has 23 heavy (non-hydrogen) atoms. The quantitative estimate of drug-likeness (QED) is 0.914. The maximum atomic E-state index is 10.3. The number of hydrogen-bond acceptors (Lipinski definition) is 4. The van der Waals surface area contributed by atoms with Crippen molar-refractivity contribution < 1.29 is 5.11 Å². The first-order chi connectivity index (χ1) is 11.2. The van der Waals surface area contributed by atoms with Crippen LogP contribution in [0.4, 0.5) is 5.82 Å². The number of pyridine rings is 1. The zero-order valence-corrected chi connectivity index (χ0v) is 13.9. The van der Waals surface area contributed by atoms with Crippen LogP contribution in [0.25, 0.3) is 0 Å². The molecule has 1 atom stereocenters. The second kappa shape index (κ2) is 7.77. The molecule has 1 aliphatic heterocycles. The lowest BCUT2D eigenvalue weighted by Crippen LogP contribution is -2.47. The Kier molecular flexibility index (Phi) is 5.49. The molecule has 0 amide bonds. The average Bonchev–Trinajstić information content (AvgIpc) is 2.61. The molecule has 0 spiro atoms. The molecule has 2 aromatic rings. The van der Waals surface area contributed by atoms with Crippen LogP contribution in [0.5, 0.6) is 0 Å². The van der Waals surface area contributed by atoms with Gasteiger partial charge in [-0.15, -0.1) is 0 Å². The van der Waals surface area contributed by atoms with E-state index in [2.05, 4.69) is 14.8 Å². The second-order valence-corrected chi connectivity index (χ2v) is 6.26. The molecule has 4 nitrogen and oxygen atoms in total. The average molecular weight is 332 g/mol. The third-order valence-electron chi connectivity index (χ3n) is 4.31. The number of piperazine rings is 1. The third kappa shape index (κ3) is 4.22. The molecule has 122 valence electrons. The largest absolute Gasteiger partial charge is 0.388 e. The first kappa shape index (κ1) is 16.2. The molecule has 1 aromatic carbocycles. The van der Waals surface area contributed by atoms with E-state index < -0.39 is 0 Å². The number of aliphatic hydroxyl groups excluding tert-OH is 1. The minimum atomic E-state index is -0.389. The van der Waals surface area contributed by atoms with Crippen LogP contribution in [0.1, 0.15) is 18.1 Å². The smallest absolute Gasteiger partial charge is 0.147 e. The Hall–Kier alpha value is -1.62. The molecule has 1 aliphatic rings. The number of aliphatic hydroxyl groups is 1. The van der Waals surface area contributed by atoms with Crippen molar-refractivity contribution in [3.05, 3.63) is 59.2 Å². The Morgan fingerprint density at radius 1 is 1.04 bits per heavy atom. The van der Waals surface area contributed by atoms with Crippen LogP contribution >= 0.6 is 11.6 Å². The van der Waals surface area contributed by atoms with E-state index in [1.807, 2.05) is 42.5 Å². The summed E-state index contributed by atoms with van der Waals surface area (Å²) in [7, 11) is 0. The van der Waals surface area contributed by atoms with Gasteiger partial charge < -0.3 is 10.0 Å². The van der Waals surface area contributed by atoms with E-state index in [-0.39, 0.29) is 6.10 Å². The summed E-state index contributed by atoms with van der Waals surface area (Å²) < 4.78 is 0. The SMILES string of the molecule is O[C@@H](CCN1CCN(c2ncccc2Cl)CC1)c1ccccc1. The van der Waals surface area contributed by atoms with Crippen LogP contribution in [-0.4, -0.2) is 47.7 Å². The minimum Gasteiger partial charge on any atom is -0.388 e. The van der Waals surface area contributed by atoms with Crippen molar-refractivity contribution in [3.8, 4) is 0 Å². The molecule has 3 rings (SSSR count). The summed E-state index contributed by atoms with van der Waals surface area (Å²) in [6.45, 7) is 4.67. The van der Waals surface area contributed by atoms with Crippen molar-refractivity contribution >= 4 is 17.4 Å². The van der Waals surface area contributed by atoms with Crippen LogP contribution in [-0.2, 0) is 0 Å². The van der Waals surface area contributed by atoms with Crippen molar-refractivity contribution in [2.24, 2.45) is 0 Å². The first-order valence-electron chi connectivity index (χ1n) is 8.05. The molecule has 0 bridgehead atoms. The number of benzene rings is 1. The Balaban J connectivity index is 1.47. The predicted octanol–water partition coefficient (Wildman–Crippen LogP) is 2.98. The second-order valence-electron chi connectivity index (χ2n) is 5.85. The van der Waals surface area contributed by atoms with Crippen molar-refractivity contribution in [2.45, 2.75) is 12.5 Å². The van der Waals surface area contributed by atoms with E-state index in [1.54, 1.807) is 6.20 Å². The van der Waals surface area contributed by atoms with Gasteiger partial charge in [0.05, 0.1) is 11.1 Å². The first-order valence-corrected chi connectivity index (χ1v) is 8.42. The highest BCUT2D eigenvalue weighted by atomic mass is 35.5. The summed E-state index contributed by atoms with van der Waals surface area (Å²) in [6.07, 6.45) is 2.15. The Labute approximate surface area is 142 Å². The van der Waals surface area contributed by atoms with Gasteiger partial charge in [0, 0.05) is 38.9 Å². The molecule has 1 saturated heterocycles. The Morgan fingerprint density at radius 3 is 2.48 bits per heavy atom. The maximum Gasteiger partial charge on any atom is 0.147 e. The van der Waals surface area contributed by atoms with Gasteiger partial charge in [-0.05, 0) is 24.1 Å². The van der Waals surface area contributed by atoms with Gasteiger partial charge in [-0.2, -0.15) is 0 Å². The van der Waals surface area contributed by atoms with Crippen LogP contribution in [0.2, 0.25) is 5.02 Å². The fourth-order valence-corrected chi connectivity index (χ4v) is 3.18. The maximum absolute atomic E-state index is 10.3. The number of aromatic nitrogens is 1. The van der Waals surface area contributed by atoms with E-state index in [1.165, 1.54) is 0 Å². The fourth-order valence-electron chi connectivity index (χ4n) is 2.94. The number of rotatable bonds is 5. The fraction of sp³-hybridized carbons (Fsp3) is 0.389. The van der Waals surface area contributed by atoms with E-state index in [0.29, 0.717) is 5.02 Å². The number of hydrogen-bond donors (Lipinski definition) is 1. The van der Waals surface area contributed by atoms with Gasteiger partial charge in [-0.25, -0.2) is 4.98 Å². The van der Waals surface area contributed by atoms with E-state index in [4.69, 9.17) is 11.6 Å². The summed E-state index contributed by atoms with van der Waals surface area (Å²) in [6, 6.07) is 13.6. The van der Waals surface area contributed by atoms with Crippen LogP contribution in [0.3, 0.4) is 0 Å². The highest BCUT2D eigenvalue weighted by Gasteiger charge is 2.20. The molecule has 1 aromatic heterocycles. The molecular formula is C18H22ClN3O. The summed E-state index contributed by atoms with van der Waals surface area (Å²) in [4.78, 5) is 8.99. The van der Waals surface area contributed by atoms with Gasteiger partial charge in [0.2, 0.25) is 0 Å². The topological polar surface area (TPSA) is 39.6 Å². The molecule has 1 fully saturated rings. The summed E-state index contributed by atoms with van der Waals surface area (Å²) in [5, 5.41) is 11.0. The van der Waals surface area contributed by atoms with Gasteiger partial charge in [0.1, 0.15) is 5.82 Å². The summed E-state index contributed by atoms with van der Waals surface area (Å²) >= 11 is 6.21. The molecule has 0 saturated carbocycles. The number of anilines is 1. The normalized spacial score (nSPS) is 17.2. The van der Waals surface area contributed by atoms with Crippen molar-refractivity contribution in [3.63, 3.8) is 0 Å². The molecule has 0 radical (unpaired) electrons. The van der Waals surface area contributed by atoms with Gasteiger partial charge in [-0.3, -0.25) is 4.90 Å².